The van der Waals surface area contributed by atoms with Crippen molar-refractivity contribution in [3.05, 3.63) is 46.3 Å². The number of H-pyrrole nitrogens is 1. The fraction of sp³-hybridized carbons (Fsp3) is 0.389. The Hall–Kier alpha value is -2.27. The van der Waals surface area contributed by atoms with Crippen LogP contribution in [0.2, 0.25) is 0 Å². The number of aromatic nitrogens is 1. The number of quaternary nitrogens is 1. The van der Waals surface area contributed by atoms with Crippen LogP contribution in [0.3, 0.4) is 0 Å². The van der Waals surface area contributed by atoms with Crippen molar-refractivity contribution in [2.24, 2.45) is 5.41 Å². The smallest absolute Gasteiger partial charge is 0.191 e. The highest BCUT2D eigenvalue weighted by Crippen LogP contribution is 2.25. The molecule has 1 heterocycles. The fourth-order valence-electron chi connectivity index (χ4n) is 2.41. The van der Waals surface area contributed by atoms with E-state index in [1.165, 1.54) is 0 Å². The predicted molar refractivity (Wildman–Crippen MR) is 94.4 cm³/mol. The van der Waals surface area contributed by atoms with Crippen LogP contribution >= 0.6 is 0 Å². The monoisotopic (exact) mass is 316 g/mol. The molecule has 2 rings (SSSR count). The summed E-state index contributed by atoms with van der Waals surface area (Å²) in [5.41, 5.74) is 1.89. The van der Waals surface area contributed by atoms with Crippen LogP contribution in [0.15, 0.2) is 35.3 Å². The van der Waals surface area contributed by atoms with Gasteiger partial charge in [-0.15, -0.1) is 0 Å². The lowest BCUT2D eigenvalue weighted by Gasteiger charge is -2.16. The summed E-state index contributed by atoms with van der Waals surface area (Å²) in [6.45, 7) is 8.47. The Balaban J connectivity index is 2.42. The summed E-state index contributed by atoms with van der Waals surface area (Å²) in [5.74, 6) is 5.40. The first kappa shape index (κ1) is 17.1. The Labute approximate surface area is 136 Å². The van der Waals surface area contributed by atoms with Gasteiger partial charge >= 0.3 is 0 Å². The Morgan fingerprint density at radius 2 is 2.04 bits per heavy atom. The van der Waals surface area contributed by atoms with E-state index in [0.717, 1.165) is 23.3 Å². The van der Waals surface area contributed by atoms with E-state index in [1.807, 2.05) is 19.2 Å². The minimum Gasteiger partial charge on any atom is -0.496 e. The predicted octanol–water partition coefficient (Wildman–Crippen LogP) is 2.76. The van der Waals surface area contributed by atoms with Gasteiger partial charge in [-0.05, 0) is 30.9 Å². The molecular weight excluding hydrogens is 290 g/mol. The van der Waals surface area contributed by atoms with Crippen LogP contribution in [0.5, 0.6) is 5.75 Å². The van der Waals surface area contributed by atoms with Gasteiger partial charge in [-0.1, -0.05) is 26.8 Å². The van der Waals surface area contributed by atoms with Crippen molar-refractivity contribution in [3.63, 3.8) is 0 Å². The lowest BCUT2D eigenvalue weighted by atomic mass is 9.92. The van der Waals surface area contributed by atoms with E-state index in [2.05, 4.69) is 37.7 Å². The molecule has 0 atom stereocenters. The van der Waals surface area contributed by atoms with Gasteiger partial charge in [-0.3, -0.25) is 4.79 Å². The SMILES string of the molecule is COc1ccc2c(=O)cc(N([NH3+])C=CCC(C)(C)C)[nH]c2c1C. The standard InChI is InChI=1S/C18H25N3O2/c1-12-15(23-5)8-7-13-14(22)11-16(20-17(12)13)21(19)10-6-9-18(2,3)4/h6-8,10-11H,9,19H2,1-5H3,(H,20,22)/p+1. The molecule has 5 heteroatoms. The van der Waals surface area contributed by atoms with Crippen LogP contribution in [-0.2, 0) is 0 Å². The maximum Gasteiger partial charge on any atom is 0.191 e. The number of hydrogen-bond acceptors (Lipinski definition) is 3. The zero-order valence-corrected chi connectivity index (χ0v) is 14.6. The summed E-state index contributed by atoms with van der Waals surface area (Å²) in [7, 11) is 1.62. The van der Waals surface area contributed by atoms with Crippen LogP contribution < -0.4 is 21.0 Å². The molecule has 0 bridgehead atoms. The molecule has 4 N–H and O–H groups in total. The van der Waals surface area contributed by atoms with Crippen LogP contribution in [0.4, 0.5) is 5.82 Å². The summed E-state index contributed by atoms with van der Waals surface area (Å²) < 4.78 is 5.33. The van der Waals surface area contributed by atoms with E-state index >= 15 is 0 Å². The summed E-state index contributed by atoms with van der Waals surface area (Å²) in [5, 5.41) is 2.34. The normalized spacial score (nSPS) is 12.1. The number of fused-ring (bicyclic) bond motifs is 1. The van der Waals surface area contributed by atoms with E-state index < -0.39 is 0 Å². The summed E-state index contributed by atoms with van der Waals surface area (Å²) in [6.07, 6.45) is 4.88. The minimum absolute atomic E-state index is 0.0302. The average Bonchev–Trinajstić information content (AvgIpc) is 2.46. The van der Waals surface area contributed by atoms with Gasteiger partial charge in [0.1, 0.15) is 5.75 Å². The van der Waals surface area contributed by atoms with E-state index in [-0.39, 0.29) is 10.8 Å². The summed E-state index contributed by atoms with van der Waals surface area (Å²) >= 11 is 0. The molecule has 0 aliphatic rings. The maximum absolute atomic E-state index is 12.3. The number of ether oxygens (including phenoxy) is 1. The number of rotatable bonds is 4. The zero-order valence-electron chi connectivity index (χ0n) is 14.6. The lowest BCUT2D eigenvalue weighted by Crippen LogP contribution is -2.65. The van der Waals surface area contributed by atoms with Crippen molar-refractivity contribution in [2.45, 2.75) is 34.1 Å². The van der Waals surface area contributed by atoms with Crippen LogP contribution in [-0.4, -0.2) is 12.1 Å². The van der Waals surface area contributed by atoms with E-state index in [0.29, 0.717) is 11.2 Å². The molecule has 0 aliphatic heterocycles. The number of hydrogen-bond donors (Lipinski definition) is 2. The van der Waals surface area contributed by atoms with Crippen molar-refractivity contribution in [2.75, 3.05) is 12.1 Å². The second kappa shape index (κ2) is 6.46. The van der Waals surface area contributed by atoms with Crippen LogP contribution in [0.25, 0.3) is 10.9 Å². The molecule has 0 unspecified atom stereocenters. The molecule has 5 nitrogen and oxygen atoms in total. The molecule has 1 aromatic heterocycles. The topological polar surface area (TPSA) is 73.0 Å². The molecule has 1 aromatic carbocycles. The number of aryl methyl sites for hydroxylation is 1. The second-order valence-corrected chi connectivity index (χ2v) is 6.95. The van der Waals surface area contributed by atoms with Gasteiger partial charge in [0.25, 0.3) is 0 Å². The van der Waals surface area contributed by atoms with E-state index in [9.17, 15) is 4.79 Å². The molecule has 2 aromatic rings. The molecule has 0 amide bonds. The van der Waals surface area contributed by atoms with E-state index in [4.69, 9.17) is 4.74 Å². The Bertz CT molecular complexity index is 785. The lowest BCUT2D eigenvalue weighted by molar-refractivity contribution is -0.374. The first-order valence-electron chi connectivity index (χ1n) is 7.70. The van der Waals surface area contributed by atoms with Gasteiger partial charge in [0.15, 0.2) is 11.2 Å². The van der Waals surface area contributed by atoms with Gasteiger partial charge in [0, 0.05) is 17.0 Å². The number of aromatic amines is 1. The molecule has 0 saturated carbocycles. The molecule has 0 spiro atoms. The highest BCUT2D eigenvalue weighted by molar-refractivity contribution is 5.85. The van der Waals surface area contributed by atoms with E-state index in [1.54, 1.807) is 24.3 Å². The Morgan fingerprint density at radius 1 is 1.35 bits per heavy atom. The van der Waals surface area contributed by atoms with Crippen LogP contribution in [0, 0.1) is 12.3 Å². The third kappa shape index (κ3) is 3.93. The zero-order chi connectivity index (χ0) is 17.2. The summed E-state index contributed by atoms with van der Waals surface area (Å²) in [6, 6.07) is 5.17. The third-order valence-corrected chi connectivity index (χ3v) is 3.75. The number of nitrogens with one attached hydrogen (secondary N) is 1. The molecular formula is C18H26N3O2+. The molecule has 0 aliphatic carbocycles. The van der Waals surface area contributed by atoms with Crippen molar-refractivity contribution in [3.8, 4) is 5.75 Å². The molecule has 0 radical (unpaired) electrons. The fourth-order valence-corrected chi connectivity index (χ4v) is 2.41. The third-order valence-electron chi connectivity index (χ3n) is 3.75. The first-order valence-corrected chi connectivity index (χ1v) is 7.70. The first-order chi connectivity index (χ1) is 10.7. The van der Waals surface area contributed by atoms with Gasteiger partial charge in [-0.25, -0.2) is 5.84 Å². The second-order valence-electron chi connectivity index (χ2n) is 6.95. The molecule has 23 heavy (non-hydrogen) atoms. The van der Waals surface area contributed by atoms with Crippen molar-refractivity contribution < 1.29 is 10.6 Å². The van der Waals surface area contributed by atoms with Gasteiger partial charge in [0.2, 0.25) is 0 Å². The van der Waals surface area contributed by atoms with Crippen LogP contribution in [0.1, 0.15) is 32.8 Å². The number of pyridine rings is 1. The number of methoxy groups -OCH3 is 1. The number of nitrogens with zero attached hydrogens (tertiary/aromatic N) is 1. The Morgan fingerprint density at radius 3 is 2.65 bits per heavy atom. The largest absolute Gasteiger partial charge is 0.496 e. The minimum atomic E-state index is -0.0302. The molecule has 124 valence electrons. The van der Waals surface area contributed by atoms with Crippen molar-refractivity contribution >= 4 is 16.7 Å². The van der Waals surface area contributed by atoms with Crippen molar-refractivity contribution in [1.29, 1.82) is 0 Å². The van der Waals surface area contributed by atoms with Gasteiger partial charge in [0.05, 0.1) is 18.8 Å². The highest BCUT2D eigenvalue weighted by atomic mass is 16.5. The molecule has 0 saturated heterocycles. The van der Waals surface area contributed by atoms with Crippen molar-refractivity contribution in [1.82, 2.24) is 4.98 Å². The number of benzene rings is 1. The maximum atomic E-state index is 12.3. The number of anilines is 1. The highest BCUT2D eigenvalue weighted by Gasteiger charge is 2.12. The summed E-state index contributed by atoms with van der Waals surface area (Å²) in [4.78, 5) is 15.6. The molecule has 0 fully saturated rings. The Kier molecular flexibility index (Phi) is 4.80. The quantitative estimate of drug-likeness (QED) is 0.852. The van der Waals surface area contributed by atoms with Gasteiger partial charge < -0.3 is 9.72 Å². The van der Waals surface area contributed by atoms with Gasteiger partial charge in [-0.2, -0.15) is 5.01 Å². The average molecular weight is 316 g/mol. The number of allylic oxidation sites excluding steroid dienone is 1.